The molecule has 9 heteroatoms. The lowest BCUT2D eigenvalue weighted by Gasteiger charge is -2.06. The largest absolute Gasteiger partial charge is 0.371 e. The smallest absolute Gasteiger partial charge is 0.341 e. The number of rotatable bonds is 4. The quantitative estimate of drug-likeness (QED) is 0.485. The third-order valence-corrected chi connectivity index (χ3v) is 3.46. The highest BCUT2D eigenvalue weighted by Crippen LogP contribution is 2.30. The molecule has 1 aromatic carbocycles. The number of hydrogen-bond donors (Lipinski definition) is 0. The van der Waals surface area contributed by atoms with Crippen LogP contribution in [0.3, 0.4) is 0 Å². The van der Waals surface area contributed by atoms with E-state index in [-0.39, 0.29) is 4.90 Å². The molecule has 1 heterocycles. The Hall–Kier alpha value is -2.55. The summed E-state index contributed by atoms with van der Waals surface area (Å²) in [5.74, 6) is -1.55. The van der Waals surface area contributed by atoms with Crippen molar-refractivity contribution in [3.8, 4) is 5.75 Å². The van der Waals surface area contributed by atoms with Gasteiger partial charge >= 0.3 is 15.8 Å². The second-order valence-electron chi connectivity index (χ2n) is 3.60. The Morgan fingerprint density at radius 3 is 2.65 bits per heavy atom. The van der Waals surface area contributed by atoms with E-state index in [4.69, 9.17) is 0 Å². The molecule has 104 valence electrons. The zero-order valence-corrected chi connectivity index (χ0v) is 10.6. The molecule has 2 aromatic rings. The highest BCUT2D eigenvalue weighted by atomic mass is 32.2. The van der Waals surface area contributed by atoms with Gasteiger partial charge in [0.25, 0.3) is 0 Å². The van der Waals surface area contributed by atoms with Gasteiger partial charge in [0.15, 0.2) is 0 Å². The van der Waals surface area contributed by atoms with Crippen LogP contribution in [0.2, 0.25) is 0 Å². The van der Waals surface area contributed by atoms with Gasteiger partial charge in [-0.15, -0.1) is 0 Å². The maximum absolute atomic E-state index is 13.1. The molecule has 0 aliphatic heterocycles. The highest BCUT2D eigenvalue weighted by Gasteiger charge is 2.24. The fourth-order valence-electron chi connectivity index (χ4n) is 1.37. The minimum Gasteiger partial charge on any atom is -0.371 e. The summed E-state index contributed by atoms with van der Waals surface area (Å²) in [6.07, 6.45) is 2.37. The number of nitrogens with zero attached hydrogens (tertiary/aromatic N) is 2. The summed E-state index contributed by atoms with van der Waals surface area (Å²) in [4.78, 5) is 13.2. The normalized spacial score (nSPS) is 11.1. The monoisotopic (exact) mass is 298 g/mol. The van der Waals surface area contributed by atoms with Crippen LogP contribution in [0.4, 0.5) is 10.1 Å². The lowest BCUT2D eigenvalue weighted by molar-refractivity contribution is -0.385. The van der Waals surface area contributed by atoms with E-state index in [9.17, 15) is 22.9 Å². The SMILES string of the molecule is O=[N+]([O-])c1ccc(F)cc1OS(=O)(=O)c1cccnc1. The van der Waals surface area contributed by atoms with Crippen LogP contribution in [0, 0.1) is 15.9 Å². The maximum Gasteiger partial charge on any atom is 0.341 e. The van der Waals surface area contributed by atoms with Crippen LogP contribution in [0.5, 0.6) is 5.75 Å². The van der Waals surface area contributed by atoms with Crippen LogP contribution in [0.1, 0.15) is 0 Å². The summed E-state index contributed by atoms with van der Waals surface area (Å²) in [5, 5.41) is 10.8. The molecule has 0 saturated carbocycles. The average molecular weight is 298 g/mol. The molecular formula is C11H7FN2O5S. The molecule has 2 rings (SSSR count). The predicted molar refractivity (Wildman–Crippen MR) is 65.1 cm³/mol. The zero-order chi connectivity index (χ0) is 14.8. The molecular weight excluding hydrogens is 291 g/mol. The van der Waals surface area contributed by atoms with E-state index < -0.39 is 32.3 Å². The molecule has 0 aliphatic carbocycles. The Kier molecular flexibility index (Phi) is 3.61. The Labute approximate surface area is 112 Å². The standard InChI is InChI=1S/C11H7FN2O5S/c12-8-3-4-10(14(15)16)11(6-8)19-20(17,18)9-2-1-5-13-7-9/h1-7H. The Morgan fingerprint density at radius 1 is 1.30 bits per heavy atom. The third-order valence-electron chi connectivity index (χ3n) is 2.24. The molecule has 0 bridgehead atoms. The van der Waals surface area contributed by atoms with Crippen LogP contribution in [0.15, 0.2) is 47.6 Å². The number of nitro groups is 1. The Morgan fingerprint density at radius 2 is 2.05 bits per heavy atom. The molecule has 7 nitrogen and oxygen atoms in total. The lowest BCUT2D eigenvalue weighted by Crippen LogP contribution is -2.11. The van der Waals surface area contributed by atoms with E-state index in [0.717, 1.165) is 18.3 Å². The predicted octanol–water partition coefficient (Wildman–Crippen LogP) is 1.90. The number of hydrogen-bond acceptors (Lipinski definition) is 6. The molecule has 1 aromatic heterocycles. The molecule has 20 heavy (non-hydrogen) atoms. The number of pyridine rings is 1. The van der Waals surface area contributed by atoms with Crippen molar-refractivity contribution in [2.45, 2.75) is 4.90 Å². The van der Waals surface area contributed by atoms with Gasteiger partial charge in [0.2, 0.25) is 5.75 Å². The van der Waals surface area contributed by atoms with Gasteiger partial charge in [0.1, 0.15) is 10.7 Å². The summed E-state index contributed by atoms with van der Waals surface area (Å²) in [6, 6.07) is 4.85. The van der Waals surface area contributed by atoms with Crippen molar-refractivity contribution in [3.05, 3.63) is 58.7 Å². The average Bonchev–Trinajstić information content (AvgIpc) is 2.39. The van der Waals surface area contributed by atoms with E-state index >= 15 is 0 Å². The molecule has 0 radical (unpaired) electrons. The number of aromatic nitrogens is 1. The van der Waals surface area contributed by atoms with Gasteiger partial charge in [-0.1, -0.05) is 0 Å². The van der Waals surface area contributed by atoms with Gasteiger partial charge in [-0.05, 0) is 18.2 Å². The van der Waals surface area contributed by atoms with E-state index in [1.807, 2.05) is 0 Å². The number of benzene rings is 1. The van der Waals surface area contributed by atoms with Crippen LogP contribution >= 0.6 is 0 Å². The summed E-state index contributed by atoms with van der Waals surface area (Å²) in [6.45, 7) is 0. The van der Waals surface area contributed by atoms with Crippen molar-refractivity contribution in [2.75, 3.05) is 0 Å². The van der Waals surface area contributed by atoms with Gasteiger partial charge < -0.3 is 4.18 Å². The molecule has 0 atom stereocenters. The van der Waals surface area contributed by atoms with Crippen LogP contribution < -0.4 is 4.18 Å². The first-order chi connectivity index (χ1) is 9.40. The molecule has 0 amide bonds. The Bertz CT molecular complexity index is 749. The fourth-order valence-corrected chi connectivity index (χ4v) is 2.27. The van der Waals surface area contributed by atoms with E-state index in [1.54, 1.807) is 0 Å². The minimum absolute atomic E-state index is 0.293. The topological polar surface area (TPSA) is 99.4 Å². The molecule has 0 spiro atoms. The first kappa shape index (κ1) is 13.9. The summed E-state index contributed by atoms with van der Waals surface area (Å²) in [7, 11) is -4.32. The van der Waals surface area contributed by atoms with Gasteiger partial charge in [0, 0.05) is 24.5 Å². The van der Waals surface area contributed by atoms with Crippen molar-refractivity contribution in [3.63, 3.8) is 0 Å². The van der Waals surface area contributed by atoms with E-state index in [1.165, 1.54) is 18.3 Å². The third kappa shape index (κ3) is 2.88. The van der Waals surface area contributed by atoms with Crippen LogP contribution in [-0.2, 0) is 10.1 Å². The molecule has 0 N–H and O–H groups in total. The first-order valence-corrected chi connectivity index (χ1v) is 6.59. The minimum atomic E-state index is -4.32. The van der Waals surface area contributed by atoms with Crippen LogP contribution in [0.25, 0.3) is 0 Å². The first-order valence-electron chi connectivity index (χ1n) is 5.18. The van der Waals surface area contributed by atoms with Gasteiger partial charge in [-0.25, -0.2) is 4.39 Å². The zero-order valence-electron chi connectivity index (χ0n) is 9.76. The van der Waals surface area contributed by atoms with Gasteiger partial charge in [0.05, 0.1) is 4.92 Å². The van der Waals surface area contributed by atoms with Crippen molar-refractivity contribution in [1.82, 2.24) is 4.98 Å². The molecule has 0 unspecified atom stereocenters. The highest BCUT2D eigenvalue weighted by molar-refractivity contribution is 7.87. The van der Waals surface area contributed by atoms with E-state index in [2.05, 4.69) is 9.17 Å². The van der Waals surface area contributed by atoms with Crippen LogP contribution in [-0.4, -0.2) is 18.3 Å². The van der Waals surface area contributed by atoms with E-state index in [0.29, 0.717) is 6.07 Å². The second-order valence-corrected chi connectivity index (χ2v) is 5.14. The van der Waals surface area contributed by atoms with Crippen molar-refractivity contribution in [1.29, 1.82) is 0 Å². The van der Waals surface area contributed by atoms with Crippen molar-refractivity contribution >= 4 is 15.8 Å². The summed E-state index contributed by atoms with van der Waals surface area (Å²) < 4.78 is 41.5. The second kappa shape index (κ2) is 5.21. The number of nitro benzene ring substituents is 1. The lowest BCUT2D eigenvalue weighted by atomic mass is 10.3. The molecule has 0 saturated heterocycles. The summed E-state index contributed by atoms with van der Waals surface area (Å²) in [5.41, 5.74) is -0.654. The molecule has 0 aliphatic rings. The fraction of sp³-hybridized carbons (Fsp3) is 0. The van der Waals surface area contributed by atoms with Crippen molar-refractivity contribution < 1.29 is 21.9 Å². The van der Waals surface area contributed by atoms with Crippen molar-refractivity contribution in [2.24, 2.45) is 0 Å². The summed E-state index contributed by atoms with van der Waals surface area (Å²) >= 11 is 0. The Balaban J connectivity index is 2.44. The van der Waals surface area contributed by atoms with Gasteiger partial charge in [-0.3, -0.25) is 15.1 Å². The molecule has 0 fully saturated rings. The number of halogens is 1. The maximum atomic E-state index is 13.1. The van der Waals surface area contributed by atoms with Gasteiger partial charge in [-0.2, -0.15) is 8.42 Å².